The molecule has 2 aliphatic rings. The second kappa shape index (κ2) is 6.21. The number of nitrogens with zero attached hydrogens (tertiary/aromatic N) is 1. The van der Waals surface area contributed by atoms with Gasteiger partial charge in [-0.3, -0.25) is 0 Å². The van der Waals surface area contributed by atoms with Gasteiger partial charge in [-0.2, -0.15) is 0 Å². The summed E-state index contributed by atoms with van der Waals surface area (Å²) in [5, 5.41) is 12.2. The summed E-state index contributed by atoms with van der Waals surface area (Å²) in [4.78, 5) is 13.9. The second-order valence-electron chi connectivity index (χ2n) is 4.97. The van der Waals surface area contributed by atoms with Gasteiger partial charge in [-0.25, -0.2) is 4.79 Å². The number of nitrogens with one attached hydrogen (secondary N) is 1. The van der Waals surface area contributed by atoms with E-state index in [9.17, 15) is 4.79 Å². The molecule has 0 aliphatic carbocycles. The van der Waals surface area contributed by atoms with Crippen molar-refractivity contribution in [3.8, 4) is 0 Å². The third-order valence-corrected chi connectivity index (χ3v) is 3.61. The number of rotatable bonds is 2. The van der Waals surface area contributed by atoms with Crippen molar-refractivity contribution in [3.05, 3.63) is 0 Å². The number of likely N-dealkylation sites (tertiary alicyclic amines) is 1. The summed E-state index contributed by atoms with van der Waals surface area (Å²) in [7, 11) is 0. The molecule has 2 fully saturated rings. The Balaban J connectivity index is 1.78. The van der Waals surface area contributed by atoms with Crippen LogP contribution in [0.25, 0.3) is 0 Å². The van der Waals surface area contributed by atoms with Crippen LogP contribution in [0.15, 0.2) is 0 Å². The number of hydrogen-bond donors (Lipinski definition) is 2. The lowest BCUT2D eigenvalue weighted by Gasteiger charge is -2.33. The molecular weight excluding hydrogens is 220 g/mol. The number of amides is 2. The Hall–Kier alpha value is -0.810. The molecule has 2 aliphatic heterocycles. The average Bonchev–Trinajstić information content (AvgIpc) is 2.40. The zero-order chi connectivity index (χ0) is 12.1. The van der Waals surface area contributed by atoms with Crippen LogP contribution in [0, 0.1) is 5.92 Å². The minimum atomic E-state index is 0.0232. The summed E-state index contributed by atoms with van der Waals surface area (Å²) >= 11 is 0. The standard InChI is InChI=1S/C12H22N2O3/c15-9-10-2-1-5-14(8-10)12(16)13-11-3-6-17-7-4-11/h10-11,15H,1-9H2,(H,13,16). The first-order valence-corrected chi connectivity index (χ1v) is 6.53. The molecule has 0 spiro atoms. The number of carbonyl (C=O) groups excluding carboxylic acids is 1. The van der Waals surface area contributed by atoms with Gasteiger partial charge in [-0.05, 0) is 31.6 Å². The monoisotopic (exact) mass is 242 g/mol. The fourth-order valence-electron chi connectivity index (χ4n) is 2.51. The maximum Gasteiger partial charge on any atom is 0.317 e. The molecule has 2 amide bonds. The van der Waals surface area contributed by atoms with E-state index in [0.29, 0.717) is 6.54 Å². The van der Waals surface area contributed by atoms with Gasteiger partial charge in [-0.1, -0.05) is 0 Å². The lowest BCUT2D eigenvalue weighted by Crippen LogP contribution is -2.50. The highest BCUT2D eigenvalue weighted by Crippen LogP contribution is 2.16. The number of hydrogen-bond acceptors (Lipinski definition) is 3. The van der Waals surface area contributed by atoms with E-state index < -0.39 is 0 Å². The molecule has 98 valence electrons. The maximum atomic E-state index is 12.0. The average molecular weight is 242 g/mol. The summed E-state index contributed by atoms with van der Waals surface area (Å²) in [5.41, 5.74) is 0. The Morgan fingerprint density at radius 3 is 2.82 bits per heavy atom. The van der Waals surface area contributed by atoms with Gasteiger partial charge in [0.25, 0.3) is 0 Å². The molecule has 0 aromatic heterocycles. The van der Waals surface area contributed by atoms with Gasteiger partial charge < -0.3 is 20.1 Å². The van der Waals surface area contributed by atoms with Crippen LogP contribution in [0.1, 0.15) is 25.7 Å². The van der Waals surface area contributed by atoms with Gasteiger partial charge in [0.05, 0.1) is 0 Å². The molecule has 1 atom stereocenters. The normalized spacial score (nSPS) is 26.9. The Morgan fingerprint density at radius 2 is 2.12 bits per heavy atom. The number of carbonyl (C=O) groups is 1. The molecule has 0 radical (unpaired) electrons. The van der Waals surface area contributed by atoms with Gasteiger partial charge in [0.15, 0.2) is 0 Å². The van der Waals surface area contributed by atoms with Crippen molar-refractivity contribution in [1.29, 1.82) is 0 Å². The third-order valence-electron chi connectivity index (χ3n) is 3.61. The zero-order valence-electron chi connectivity index (χ0n) is 10.2. The molecule has 2 saturated heterocycles. The van der Waals surface area contributed by atoms with Crippen molar-refractivity contribution in [2.45, 2.75) is 31.7 Å². The van der Waals surface area contributed by atoms with Crippen LogP contribution >= 0.6 is 0 Å². The molecule has 2 rings (SSSR count). The van der Waals surface area contributed by atoms with Gasteiger partial charge in [-0.15, -0.1) is 0 Å². The molecule has 0 saturated carbocycles. The number of ether oxygens (including phenoxy) is 1. The summed E-state index contributed by atoms with van der Waals surface area (Å²) in [6, 6.07) is 0.279. The smallest absolute Gasteiger partial charge is 0.317 e. The van der Waals surface area contributed by atoms with Crippen LogP contribution in [0.2, 0.25) is 0 Å². The molecule has 0 aromatic rings. The number of piperidine rings is 1. The van der Waals surface area contributed by atoms with Gasteiger partial charge in [0.2, 0.25) is 0 Å². The van der Waals surface area contributed by atoms with E-state index in [4.69, 9.17) is 9.84 Å². The maximum absolute atomic E-state index is 12.0. The number of aliphatic hydroxyl groups excluding tert-OH is 1. The molecule has 1 unspecified atom stereocenters. The number of aliphatic hydroxyl groups is 1. The van der Waals surface area contributed by atoms with E-state index in [1.807, 2.05) is 4.90 Å². The van der Waals surface area contributed by atoms with Gasteiger partial charge in [0, 0.05) is 39.0 Å². The third kappa shape index (κ3) is 3.57. The van der Waals surface area contributed by atoms with Crippen molar-refractivity contribution >= 4 is 6.03 Å². The van der Waals surface area contributed by atoms with E-state index in [1.54, 1.807) is 0 Å². The molecule has 5 heteroatoms. The van der Waals surface area contributed by atoms with Crippen molar-refractivity contribution < 1.29 is 14.6 Å². The first-order chi connectivity index (χ1) is 8.29. The molecule has 5 nitrogen and oxygen atoms in total. The minimum Gasteiger partial charge on any atom is -0.396 e. The number of urea groups is 1. The van der Waals surface area contributed by atoms with Crippen LogP contribution in [0.4, 0.5) is 4.79 Å². The van der Waals surface area contributed by atoms with E-state index in [2.05, 4.69) is 5.32 Å². The molecule has 2 N–H and O–H groups in total. The SMILES string of the molecule is O=C(NC1CCOCC1)N1CCCC(CO)C1. The molecule has 2 heterocycles. The minimum absolute atomic E-state index is 0.0232. The van der Waals surface area contributed by atoms with Gasteiger partial charge >= 0.3 is 6.03 Å². The molecule has 17 heavy (non-hydrogen) atoms. The summed E-state index contributed by atoms with van der Waals surface area (Å²) < 4.78 is 5.26. The van der Waals surface area contributed by atoms with Crippen molar-refractivity contribution in [1.82, 2.24) is 10.2 Å². The fourth-order valence-corrected chi connectivity index (χ4v) is 2.51. The molecule has 0 aromatic carbocycles. The van der Waals surface area contributed by atoms with E-state index in [-0.39, 0.29) is 24.6 Å². The highest BCUT2D eigenvalue weighted by molar-refractivity contribution is 5.74. The predicted octanol–water partition coefficient (Wildman–Crippen LogP) is 0.579. The van der Waals surface area contributed by atoms with Crippen LogP contribution in [0.3, 0.4) is 0 Å². The van der Waals surface area contributed by atoms with Crippen LogP contribution in [0.5, 0.6) is 0 Å². The fraction of sp³-hybridized carbons (Fsp3) is 0.917. The molecular formula is C12H22N2O3. The topological polar surface area (TPSA) is 61.8 Å². The van der Waals surface area contributed by atoms with Crippen LogP contribution in [-0.4, -0.2) is 55.0 Å². The lowest BCUT2D eigenvalue weighted by atomic mass is 9.99. The first kappa shape index (κ1) is 12.6. The van der Waals surface area contributed by atoms with E-state index in [1.165, 1.54) is 0 Å². The lowest BCUT2D eigenvalue weighted by molar-refractivity contribution is 0.0756. The summed E-state index contributed by atoms with van der Waals surface area (Å²) in [6.07, 6.45) is 3.83. The van der Waals surface area contributed by atoms with Gasteiger partial charge in [0.1, 0.15) is 0 Å². The predicted molar refractivity (Wildman–Crippen MR) is 63.8 cm³/mol. The highest BCUT2D eigenvalue weighted by atomic mass is 16.5. The summed E-state index contributed by atoms with van der Waals surface area (Å²) in [5.74, 6) is 0.254. The summed E-state index contributed by atoms with van der Waals surface area (Å²) in [6.45, 7) is 3.16. The van der Waals surface area contributed by atoms with E-state index >= 15 is 0 Å². The Kier molecular flexibility index (Phi) is 4.62. The Labute approximate surface area is 102 Å². The van der Waals surface area contributed by atoms with Crippen LogP contribution < -0.4 is 5.32 Å². The highest BCUT2D eigenvalue weighted by Gasteiger charge is 2.25. The van der Waals surface area contributed by atoms with Crippen LogP contribution in [-0.2, 0) is 4.74 Å². The zero-order valence-corrected chi connectivity index (χ0v) is 10.2. The van der Waals surface area contributed by atoms with Crippen molar-refractivity contribution in [2.24, 2.45) is 5.92 Å². The second-order valence-corrected chi connectivity index (χ2v) is 4.97. The quantitative estimate of drug-likeness (QED) is 0.744. The first-order valence-electron chi connectivity index (χ1n) is 6.53. The van der Waals surface area contributed by atoms with E-state index in [0.717, 1.165) is 45.4 Å². The molecule has 0 bridgehead atoms. The Morgan fingerprint density at radius 1 is 1.35 bits per heavy atom. The largest absolute Gasteiger partial charge is 0.396 e. The Bertz CT molecular complexity index is 254. The van der Waals surface area contributed by atoms with Crippen molar-refractivity contribution in [3.63, 3.8) is 0 Å². The van der Waals surface area contributed by atoms with Crippen molar-refractivity contribution in [2.75, 3.05) is 32.9 Å².